The van der Waals surface area contributed by atoms with E-state index in [0.717, 1.165) is 27.0 Å². The molecule has 140 valence electrons. The highest BCUT2D eigenvalue weighted by Gasteiger charge is 2.14. The van der Waals surface area contributed by atoms with E-state index in [1.807, 2.05) is 55.5 Å². The SMILES string of the molecule is COc1ccccc1[C@@H](C)NC(=O)CSc1ncc(-c2ccc(Br)cc2)[nH]1. The number of hydrogen-bond donors (Lipinski definition) is 2. The van der Waals surface area contributed by atoms with Gasteiger partial charge in [0.25, 0.3) is 0 Å². The lowest BCUT2D eigenvalue weighted by molar-refractivity contribution is -0.119. The predicted octanol–water partition coefficient (Wildman–Crippen LogP) is 4.82. The first-order chi connectivity index (χ1) is 13.1. The van der Waals surface area contributed by atoms with Crippen LogP contribution in [0.15, 0.2) is 64.4 Å². The van der Waals surface area contributed by atoms with E-state index in [1.54, 1.807) is 13.3 Å². The molecule has 2 aromatic carbocycles. The molecule has 1 amide bonds. The van der Waals surface area contributed by atoms with Crippen molar-refractivity contribution in [3.63, 3.8) is 0 Å². The van der Waals surface area contributed by atoms with Crippen molar-refractivity contribution in [1.82, 2.24) is 15.3 Å². The molecule has 1 heterocycles. The third-order valence-corrected chi connectivity index (χ3v) is 5.45. The summed E-state index contributed by atoms with van der Waals surface area (Å²) < 4.78 is 6.38. The summed E-state index contributed by atoms with van der Waals surface area (Å²) in [6.45, 7) is 1.94. The minimum absolute atomic E-state index is 0.0556. The predicted molar refractivity (Wildman–Crippen MR) is 112 cm³/mol. The normalized spacial score (nSPS) is 11.8. The van der Waals surface area contributed by atoms with E-state index < -0.39 is 0 Å². The number of carbonyl (C=O) groups is 1. The van der Waals surface area contributed by atoms with Crippen LogP contribution in [0.2, 0.25) is 0 Å². The maximum absolute atomic E-state index is 12.3. The zero-order valence-corrected chi connectivity index (χ0v) is 17.4. The van der Waals surface area contributed by atoms with E-state index in [9.17, 15) is 4.79 Å². The van der Waals surface area contributed by atoms with Crippen molar-refractivity contribution >= 4 is 33.6 Å². The van der Waals surface area contributed by atoms with Crippen LogP contribution in [-0.2, 0) is 4.79 Å². The highest BCUT2D eigenvalue weighted by molar-refractivity contribution is 9.10. The Bertz CT molecular complexity index is 912. The molecule has 3 aromatic rings. The molecule has 0 aliphatic heterocycles. The van der Waals surface area contributed by atoms with Crippen molar-refractivity contribution in [2.24, 2.45) is 0 Å². The van der Waals surface area contributed by atoms with Gasteiger partial charge in [-0.2, -0.15) is 0 Å². The number of nitrogens with one attached hydrogen (secondary N) is 2. The average Bonchev–Trinajstić information content (AvgIpc) is 3.16. The van der Waals surface area contributed by atoms with Crippen LogP contribution in [0.1, 0.15) is 18.5 Å². The number of ether oxygens (including phenoxy) is 1. The third-order valence-electron chi connectivity index (χ3n) is 4.03. The molecular weight excluding hydrogens is 426 g/mol. The highest BCUT2D eigenvalue weighted by Crippen LogP contribution is 2.25. The van der Waals surface area contributed by atoms with E-state index in [0.29, 0.717) is 5.16 Å². The van der Waals surface area contributed by atoms with Crippen LogP contribution >= 0.6 is 27.7 Å². The lowest BCUT2D eigenvalue weighted by Crippen LogP contribution is -2.28. The van der Waals surface area contributed by atoms with Crippen LogP contribution in [0.5, 0.6) is 5.75 Å². The fourth-order valence-electron chi connectivity index (χ4n) is 2.67. The topological polar surface area (TPSA) is 67.0 Å². The summed E-state index contributed by atoms with van der Waals surface area (Å²) in [4.78, 5) is 19.9. The summed E-state index contributed by atoms with van der Waals surface area (Å²) in [5, 5.41) is 3.71. The molecule has 0 bridgehead atoms. The first-order valence-corrected chi connectivity index (χ1v) is 10.2. The molecule has 0 fully saturated rings. The highest BCUT2D eigenvalue weighted by atomic mass is 79.9. The fourth-order valence-corrected chi connectivity index (χ4v) is 3.60. The van der Waals surface area contributed by atoms with Crippen molar-refractivity contribution < 1.29 is 9.53 Å². The summed E-state index contributed by atoms with van der Waals surface area (Å²) in [5.74, 6) is 0.996. The Morgan fingerprint density at radius 1 is 1.26 bits per heavy atom. The van der Waals surface area contributed by atoms with Crippen LogP contribution in [0.25, 0.3) is 11.3 Å². The zero-order chi connectivity index (χ0) is 19.2. The molecule has 0 radical (unpaired) electrons. The van der Waals surface area contributed by atoms with E-state index in [-0.39, 0.29) is 17.7 Å². The molecule has 1 aromatic heterocycles. The Morgan fingerprint density at radius 3 is 2.74 bits per heavy atom. The number of benzene rings is 2. The van der Waals surface area contributed by atoms with Gasteiger partial charge in [0.1, 0.15) is 5.75 Å². The van der Waals surface area contributed by atoms with E-state index in [2.05, 4.69) is 31.2 Å². The summed E-state index contributed by atoms with van der Waals surface area (Å²) in [6, 6.07) is 15.5. The standard InChI is InChI=1S/C20H20BrN3O2S/c1-13(16-5-3-4-6-18(16)26-2)23-19(25)12-27-20-22-11-17(24-20)14-7-9-15(21)10-8-14/h3-11,13H,12H2,1-2H3,(H,22,24)(H,23,25)/t13-/m1/s1. The van der Waals surface area contributed by atoms with Gasteiger partial charge in [-0.25, -0.2) is 4.98 Å². The zero-order valence-electron chi connectivity index (χ0n) is 15.0. The van der Waals surface area contributed by atoms with Crippen molar-refractivity contribution in [2.45, 2.75) is 18.1 Å². The molecule has 0 saturated carbocycles. The number of imidazole rings is 1. The van der Waals surface area contributed by atoms with Crippen LogP contribution in [-0.4, -0.2) is 28.7 Å². The first kappa shape index (κ1) is 19.5. The van der Waals surface area contributed by atoms with Crippen molar-refractivity contribution in [3.8, 4) is 17.0 Å². The minimum Gasteiger partial charge on any atom is -0.496 e. The molecule has 2 N–H and O–H groups in total. The van der Waals surface area contributed by atoms with Gasteiger partial charge in [-0.05, 0) is 30.7 Å². The molecule has 0 unspecified atom stereocenters. The van der Waals surface area contributed by atoms with Gasteiger partial charge in [0.2, 0.25) is 5.91 Å². The lowest BCUT2D eigenvalue weighted by atomic mass is 10.1. The summed E-state index contributed by atoms with van der Waals surface area (Å²) in [5.41, 5.74) is 2.92. The van der Waals surface area contributed by atoms with Crippen molar-refractivity contribution in [3.05, 3.63) is 64.8 Å². The Balaban J connectivity index is 1.56. The van der Waals surface area contributed by atoms with Crippen molar-refractivity contribution in [2.75, 3.05) is 12.9 Å². The molecule has 0 spiro atoms. The molecule has 1 atom stereocenters. The van der Waals surface area contributed by atoms with Gasteiger partial charge in [-0.15, -0.1) is 0 Å². The second kappa shape index (κ2) is 9.10. The Morgan fingerprint density at radius 2 is 2.00 bits per heavy atom. The molecule has 5 nitrogen and oxygen atoms in total. The molecule has 27 heavy (non-hydrogen) atoms. The van der Waals surface area contributed by atoms with Crippen LogP contribution < -0.4 is 10.1 Å². The van der Waals surface area contributed by atoms with Gasteiger partial charge in [-0.1, -0.05) is 58.0 Å². The van der Waals surface area contributed by atoms with Crippen molar-refractivity contribution in [1.29, 1.82) is 0 Å². The number of aromatic nitrogens is 2. The molecular formula is C20H20BrN3O2S. The summed E-state index contributed by atoms with van der Waals surface area (Å²) in [7, 11) is 1.63. The van der Waals surface area contributed by atoms with Crippen LogP contribution in [0.4, 0.5) is 0 Å². The van der Waals surface area contributed by atoms with Gasteiger partial charge in [0, 0.05) is 10.0 Å². The van der Waals surface area contributed by atoms with Gasteiger partial charge < -0.3 is 15.0 Å². The average molecular weight is 446 g/mol. The van der Waals surface area contributed by atoms with E-state index in [4.69, 9.17) is 4.74 Å². The number of thioether (sulfide) groups is 1. The number of nitrogens with zero attached hydrogens (tertiary/aromatic N) is 1. The smallest absolute Gasteiger partial charge is 0.230 e. The Kier molecular flexibility index (Phi) is 6.58. The molecule has 0 aliphatic rings. The maximum atomic E-state index is 12.3. The van der Waals surface area contributed by atoms with Gasteiger partial charge in [0.15, 0.2) is 5.16 Å². The Hall–Kier alpha value is -2.25. The van der Waals surface area contributed by atoms with Crippen LogP contribution in [0, 0.1) is 0 Å². The fraction of sp³-hybridized carbons (Fsp3) is 0.200. The molecule has 0 aliphatic carbocycles. The number of H-pyrrole nitrogens is 1. The number of para-hydroxylation sites is 1. The molecule has 0 saturated heterocycles. The molecule has 7 heteroatoms. The Labute approximate surface area is 171 Å². The van der Waals surface area contributed by atoms with Gasteiger partial charge >= 0.3 is 0 Å². The third kappa shape index (κ3) is 5.14. The lowest BCUT2D eigenvalue weighted by Gasteiger charge is -2.17. The summed E-state index contributed by atoms with van der Waals surface area (Å²) >= 11 is 4.80. The number of carbonyl (C=O) groups excluding carboxylic acids is 1. The van der Waals surface area contributed by atoms with Gasteiger partial charge in [-0.3, -0.25) is 4.79 Å². The van der Waals surface area contributed by atoms with E-state index >= 15 is 0 Å². The van der Waals surface area contributed by atoms with E-state index in [1.165, 1.54) is 11.8 Å². The monoisotopic (exact) mass is 445 g/mol. The number of aromatic amines is 1. The number of rotatable bonds is 7. The number of amides is 1. The number of methoxy groups -OCH3 is 1. The van der Waals surface area contributed by atoms with Gasteiger partial charge in [0.05, 0.1) is 30.8 Å². The second-order valence-corrected chi connectivity index (χ2v) is 7.81. The molecule has 3 rings (SSSR count). The first-order valence-electron chi connectivity index (χ1n) is 8.43. The number of hydrogen-bond acceptors (Lipinski definition) is 4. The second-order valence-electron chi connectivity index (χ2n) is 5.93. The minimum atomic E-state index is -0.135. The quantitative estimate of drug-likeness (QED) is 0.511. The largest absolute Gasteiger partial charge is 0.496 e. The number of halogens is 1. The van der Waals surface area contributed by atoms with Crippen LogP contribution in [0.3, 0.4) is 0 Å². The maximum Gasteiger partial charge on any atom is 0.230 e. The summed E-state index contributed by atoms with van der Waals surface area (Å²) in [6.07, 6.45) is 1.78.